The topological polar surface area (TPSA) is 118 Å². The molecule has 6 rings (SSSR count). The molecule has 34 heavy (non-hydrogen) atoms. The average Bonchev–Trinajstić information content (AvgIpc) is 3.62. The monoisotopic (exact) mass is 458 g/mol. The van der Waals surface area contributed by atoms with Crippen molar-refractivity contribution in [3.63, 3.8) is 0 Å². The van der Waals surface area contributed by atoms with E-state index >= 15 is 0 Å². The van der Waals surface area contributed by atoms with Crippen molar-refractivity contribution in [2.24, 2.45) is 0 Å². The number of hydrogen-bond acceptors (Lipinski definition) is 7. The first kappa shape index (κ1) is 21.2. The molecule has 5 N–H and O–H groups in total. The molecule has 1 saturated carbocycles. The number of hydrogen-bond donors (Lipinski definition) is 4. The maximum Gasteiger partial charge on any atom is 0.260 e. The van der Waals surface area contributed by atoms with E-state index in [0.29, 0.717) is 36.5 Å². The molecule has 0 bridgehead atoms. The molecule has 4 heterocycles. The number of nitrogens with zero attached hydrogens (tertiary/aromatic N) is 3. The van der Waals surface area contributed by atoms with Crippen LogP contribution in [0.4, 0.5) is 23.3 Å². The predicted octanol–water partition coefficient (Wildman–Crippen LogP) is 1.79. The minimum atomic E-state index is -0.149. The van der Waals surface area contributed by atoms with Crippen LogP contribution in [-0.2, 0) is 17.7 Å². The van der Waals surface area contributed by atoms with Gasteiger partial charge in [-0.15, -0.1) is 0 Å². The lowest BCUT2D eigenvalue weighted by molar-refractivity contribution is -0.487. The van der Waals surface area contributed by atoms with Crippen molar-refractivity contribution in [1.29, 1.82) is 0 Å². The van der Waals surface area contributed by atoms with Gasteiger partial charge in [-0.2, -0.15) is 4.98 Å². The Balaban J connectivity index is 1.28. The van der Waals surface area contributed by atoms with Gasteiger partial charge in [-0.1, -0.05) is 12.1 Å². The lowest BCUT2D eigenvalue weighted by Gasteiger charge is -2.25. The number of ether oxygens (including phenoxy) is 1. The Bertz CT molecular complexity index is 1220. The molecule has 9 nitrogen and oxygen atoms in total. The van der Waals surface area contributed by atoms with E-state index in [4.69, 9.17) is 14.7 Å². The van der Waals surface area contributed by atoms with Gasteiger partial charge in [0, 0.05) is 30.3 Å². The molecule has 174 valence electrons. The normalized spacial score (nSPS) is 17.5. The number of carbonyl (C=O) groups excluding carboxylic acids is 1. The molecule has 0 radical (unpaired) electrons. The third-order valence-corrected chi connectivity index (χ3v) is 6.46. The van der Waals surface area contributed by atoms with E-state index in [1.807, 2.05) is 23.5 Å². The number of nitrogens with two attached hydrogens (primary N) is 1. The minimum absolute atomic E-state index is 0.149. The number of benzene rings is 1. The molecule has 1 aromatic carbocycles. The fraction of sp³-hybridized carbons (Fsp3) is 0.360. The van der Waals surface area contributed by atoms with Gasteiger partial charge in [0.05, 0.1) is 25.1 Å². The highest BCUT2D eigenvalue weighted by Gasteiger charge is 2.28. The zero-order valence-corrected chi connectivity index (χ0v) is 18.9. The fourth-order valence-corrected chi connectivity index (χ4v) is 4.24. The van der Waals surface area contributed by atoms with Crippen molar-refractivity contribution in [1.82, 2.24) is 25.6 Å². The second kappa shape index (κ2) is 9.09. The number of anilines is 2. The fourth-order valence-electron chi connectivity index (χ4n) is 4.24. The highest BCUT2D eigenvalue weighted by Crippen LogP contribution is 2.24. The summed E-state index contributed by atoms with van der Waals surface area (Å²) in [6, 6.07) is 12.5. The quantitative estimate of drug-likeness (QED) is 0.426. The molecule has 2 aliphatic heterocycles. The smallest absolute Gasteiger partial charge is 0.260 e. The summed E-state index contributed by atoms with van der Waals surface area (Å²) < 4.78 is 5.31. The molecule has 0 atom stereocenters. The Morgan fingerprint density at radius 1 is 1.12 bits per heavy atom. The second-order valence-electron chi connectivity index (χ2n) is 9.14. The minimum Gasteiger partial charge on any atom is -0.380 e. The molecular weight excluding hydrogens is 430 g/mol. The number of rotatable bonds is 7. The summed E-state index contributed by atoms with van der Waals surface area (Å²) in [7, 11) is 0. The number of carbonyl (C=O) groups is 1. The summed E-state index contributed by atoms with van der Waals surface area (Å²) in [5.74, 6) is 1.93. The zero-order chi connectivity index (χ0) is 22.9. The Kier molecular flexibility index (Phi) is 5.66. The molecule has 9 heteroatoms. The van der Waals surface area contributed by atoms with Crippen LogP contribution in [0.1, 0.15) is 45.9 Å². The van der Waals surface area contributed by atoms with Gasteiger partial charge < -0.3 is 20.7 Å². The number of amides is 1. The van der Waals surface area contributed by atoms with Crippen LogP contribution in [0, 0.1) is 0 Å². The number of nitrogens with one attached hydrogen (secondary N) is 3. The standard InChI is InChI=1S/C25H27N7O2/c33-24(28-18-6-7-18)20-12-27-25(29-19-5-4-15-8-9-26-11-16(15)10-19)32-23(20)31-22-3-1-2-21(30-22)17-13-34-14-17/h1-5,10,12,17-18,26H,6-9,11,13-14H2,(H,28,33)(H2,27,29,30,31,32)/p+1. The third kappa shape index (κ3) is 4.63. The van der Waals surface area contributed by atoms with Gasteiger partial charge in [-0.05, 0) is 55.1 Å². The third-order valence-electron chi connectivity index (χ3n) is 6.46. The number of pyridine rings is 1. The average molecular weight is 459 g/mol. The van der Waals surface area contributed by atoms with Crippen LogP contribution < -0.4 is 21.3 Å². The molecule has 0 unspecified atom stereocenters. The summed E-state index contributed by atoms with van der Waals surface area (Å²) in [4.78, 5) is 26.8. The highest BCUT2D eigenvalue weighted by atomic mass is 16.5. The summed E-state index contributed by atoms with van der Waals surface area (Å²) in [5.41, 5.74) is 5.03. The van der Waals surface area contributed by atoms with Crippen LogP contribution >= 0.6 is 0 Å². The first-order valence-electron chi connectivity index (χ1n) is 11.9. The van der Waals surface area contributed by atoms with Crippen molar-refractivity contribution >= 4 is 29.2 Å². The van der Waals surface area contributed by atoms with Crippen LogP contribution in [0.3, 0.4) is 0 Å². The summed E-state index contributed by atoms with van der Waals surface area (Å²) in [5, 5.41) is 11.6. The number of aromatic nitrogens is 3. The van der Waals surface area contributed by atoms with Crippen molar-refractivity contribution in [2.45, 2.75) is 37.8 Å². The number of fused-ring (bicyclic) bond motifs is 1. The van der Waals surface area contributed by atoms with Crippen molar-refractivity contribution in [2.75, 3.05) is 25.1 Å². The largest absolute Gasteiger partial charge is 0.380 e. The van der Waals surface area contributed by atoms with Gasteiger partial charge in [0.15, 0.2) is 0 Å². The van der Waals surface area contributed by atoms with Crippen LogP contribution in [0.5, 0.6) is 0 Å². The van der Waals surface area contributed by atoms with E-state index in [-0.39, 0.29) is 11.9 Å². The van der Waals surface area contributed by atoms with Crippen LogP contribution in [0.15, 0.2) is 42.6 Å². The predicted molar refractivity (Wildman–Crippen MR) is 127 cm³/mol. The zero-order valence-electron chi connectivity index (χ0n) is 18.9. The van der Waals surface area contributed by atoms with Crippen LogP contribution in [0.2, 0.25) is 0 Å². The molecule has 1 aliphatic carbocycles. The Hall–Kier alpha value is -3.40. The SMILES string of the molecule is O=C(NC1CC1)c1cnc(Nc2ccc3c(c2)CNCC3)nc1[NH2+]c1cccc(C2COC2)n1. The lowest BCUT2D eigenvalue weighted by Crippen LogP contribution is -2.73. The van der Waals surface area contributed by atoms with Crippen molar-refractivity contribution < 1.29 is 14.8 Å². The molecule has 1 amide bonds. The summed E-state index contributed by atoms with van der Waals surface area (Å²) in [6.45, 7) is 3.27. The van der Waals surface area contributed by atoms with Gasteiger partial charge >= 0.3 is 0 Å². The van der Waals surface area contributed by atoms with E-state index in [2.05, 4.69) is 39.1 Å². The summed E-state index contributed by atoms with van der Waals surface area (Å²) in [6.07, 6.45) is 4.68. The maximum atomic E-state index is 12.9. The maximum absolute atomic E-state index is 12.9. The van der Waals surface area contributed by atoms with Crippen molar-refractivity contribution in [3.8, 4) is 0 Å². The highest BCUT2D eigenvalue weighted by molar-refractivity contribution is 5.97. The van der Waals surface area contributed by atoms with Gasteiger partial charge in [0.1, 0.15) is 5.56 Å². The van der Waals surface area contributed by atoms with Gasteiger partial charge in [0.2, 0.25) is 17.6 Å². The first-order valence-corrected chi connectivity index (χ1v) is 11.9. The van der Waals surface area contributed by atoms with Gasteiger partial charge in [-0.3, -0.25) is 4.79 Å². The summed E-state index contributed by atoms with van der Waals surface area (Å²) >= 11 is 0. The Morgan fingerprint density at radius 3 is 2.85 bits per heavy atom. The molecule has 1 saturated heterocycles. The molecule has 2 aromatic heterocycles. The number of quaternary nitrogens is 1. The molecule has 3 aliphatic rings. The first-order chi connectivity index (χ1) is 16.7. The van der Waals surface area contributed by atoms with E-state index < -0.39 is 0 Å². The van der Waals surface area contributed by atoms with Gasteiger partial charge in [0.25, 0.3) is 5.91 Å². The van der Waals surface area contributed by atoms with E-state index in [1.165, 1.54) is 11.1 Å². The van der Waals surface area contributed by atoms with Crippen LogP contribution in [-0.4, -0.2) is 46.7 Å². The molecular formula is C25H28N7O2+. The second-order valence-corrected chi connectivity index (χ2v) is 9.14. The molecule has 2 fully saturated rings. The van der Waals surface area contributed by atoms with E-state index in [9.17, 15) is 4.79 Å². The van der Waals surface area contributed by atoms with E-state index in [1.54, 1.807) is 6.20 Å². The molecule has 3 aromatic rings. The van der Waals surface area contributed by atoms with Crippen LogP contribution in [0.25, 0.3) is 0 Å². The Labute approximate surface area is 197 Å². The van der Waals surface area contributed by atoms with Gasteiger partial charge in [-0.25, -0.2) is 15.3 Å². The Morgan fingerprint density at radius 2 is 2.03 bits per heavy atom. The molecule has 0 spiro atoms. The lowest BCUT2D eigenvalue weighted by atomic mass is 10.0. The van der Waals surface area contributed by atoms with E-state index in [0.717, 1.165) is 49.6 Å². The van der Waals surface area contributed by atoms with Crippen molar-refractivity contribution in [3.05, 3.63) is 65.0 Å².